The van der Waals surface area contributed by atoms with Gasteiger partial charge in [-0.05, 0) is 39.5 Å². The van der Waals surface area contributed by atoms with Crippen LogP contribution in [-0.4, -0.2) is 176 Å². The largest absolute Gasteiger partial charge is 0.491 e. The first-order chi connectivity index (χ1) is 27.6. The first-order valence-electron chi connectivity index (χ1n) is 18.4. The molecule has 5 amide bonds. The summed E-state index contributed by atoms with van der Waals surface area (Å²) in [6.07, 6.45) is -12.8. The summed E-state index contributed by atoms with van der Waals surface area (Å²) >= 11 is 0. The maximum atomic E-state index is 13.4. The Balaban J connectivity index is 2.27. The molecule has 2 rings (SSSR count). The zero-order valence-corrected chi connectivity index (χ0v) is 32.6. The van der Waals surface area contributed by atoms with Gasteiger partial charge in [0.1, 0.15) is 79.2 Å². The SMILES string of the molecule is CC(=O)NC1=COC(CO)C(OC2OC(CO)C(O)C(O)C2NC(C)=O)C1OC(C)C(=O)NC(C)C(=O)NC(CCC(=O)O)C(=O)NC(CCCC(N)C(=O)O)C(=O)O. The summed E-state index contributed by atoms with van der Waals surface area (Å²) in [4.78, 5) is 98.0. The number of carbonyl (C=O) groups is 8. The molecule has 0 aromatic carbocycles. The number of aliphatic carboxylic acids is 3. The molecule has 1 fully saturated rings. The Morgan fingerprint density at radius 2 is 1.42 bits per heavy atom. The lowest BCUT2D eigenvalue weighted by Gasteiger charge is -2.45. The Morgan fingerprint density at radius 1 is 0.797 bits per heavy atom. The predicted molar refractivity (Wildman–Crippen MR) is 194 cm³/mol. The van der Waals surface area contributed by atoms with Crippen LogP contribution in [0.4, 0.5) is 0 Å². The first-order valence-corrected chi connectivity index (χ1v) is 18.4. The van der Waals surface area contributed by atoms with E-state index < -0.39 is 153 Å². The minimum atomic E-state index is -1.74. The lowest BCUT2D eigenvalue weighted by Crippen LogP contribution is -2.66. The molecule has 25 nitrogen and oxygen atoms in total. The standard InChI is InChI=1S/C34H54N6O19/c1-13(29(49)39-18(8-9-23(45)46)31(51)40-19(33(54)55)7-5-6-17(35)32(52)53)36-30(50)14(2)57-27-20(37-15(3)43)12-56-22(11-42)28(27)59-34-24(38-16(4)44)26(48)25(47)21(10-41)58-34/h12-14,17-19,21-22,24-28,34,41-42,47-48H,5-11,35H2,1-4H3,(H,36,50)(H,37,43)(H,38,44)(H,39,49)(H,40,51)(H,45,46)(H,52,53)(H,54,55). The molecule has 13 unspecified atom stereocenters. The van der Waals surface area contributed by atoms with E-state index in [9.17, 15) is 69.0 Å². The van der Waals surface area contributed by atoms with Crippen LogP contribution < -0.4 is 32.3 Å². The Hall–Kier alpha value is -5.02. The Labute approximate surface area is 336 Å². The van der Waals surface area contributed by atoms with Crippen LogP contribution in [0.25, 0.3) is 0 Å². The van der Waals surface area contributed by atoms with E-state index in [4.69, 9.17) is 29.8 Å². The molecule has 14 N–H and O–H groups in total. The molecular formula is C34H54N6O19. The molecule has 0 aliphatic carbocycles. The quantitative estimate of drug-likeness (QED) is 0.0456. The fourth-order valence-corrected chi connectivity index (χ4v) is 5.89. The molecule has 2 aliphatic rings. The number of aliphatic hydroxyl groups excluding tert-OH is 4. The third kappa shape index (κ3) is 15.3. The average Bonchev–Trinajstić information content (AvgIpc) is 3.15. The van der Waals surface area contributed by atoms with Gasteiger partial charge in [-0.2, -0.15) is 0 Å². The number of carbonyl (C=O) groups excluding carboxylic acids is 5. The van der Waals surface area contributed by atoms with Crippen LogP contribution in [0.15, 0.2) is 12.0 Å². The van der Waals surface area contributed by atoms with Crippen molar-refractivity contribution in [2.24, 2.45) is 5.73 Å². The molecule has 25 heteroatoms. The predicted octanol–water partition coefficient (Wildman–Crippen LogP) is -5.54. The Bertz CT molecular complexity index is 1550. The lowest BCUT2D eigenvalue weighted by atomic mass is 9.96. The van der Waals surface area contributed by atoms with Gasteiger partial charge < -0.3 is 87.0 Å². The smallest absolute Gasteiger partial charge is 0.326 e. The van der Waals surface area contributed by atoms with E-state index in [0.29, 0.717) is 0 Å². The Morgan fingerprint density at radius 3 is 1.97 bits per heavy atom. The second-order valence-electron chi connectivity index (χ2n) is 13.8. The monoisotopic (exact) mass is 850 g/mol. The Kier molecular flexibility index (Phi) is 20.0. The fourth-order valence-electron chi connectivity index (χ4n) is 5.89. The van der Waals surface area contributed by atoms with Crippen molar-refractivity contribution in [3.05, 3.63) is 12.0 Å². The van der Waals surface area contributed by atoms with Gasteiger partial charge in [-0.25, -0.2) is 4.79 Å². The number of hydrogen-bond donors (Lipinski definition) is 13. The molecule has 59 heavy (non-hydrogen) atoms. The molecule has 0 aromatic rings. The number of aliphatic hydroxyl groups is 4. The number of rotatable bonds is 23. The normalized spacial score (nSPS) is 26.6. The number of carboxylic acids is 3. The van der Waals surface area contributed by atoms with E-state index in [1.165, 1.54) is 13.8 Å². The van der Waals surface area contributed by atoms with Gasteiger partial charge in [0.25, 0.3) is 0 Å². The third-order valence-electron chi connectivity index (χ3n) is 9.08. The van der Waals surface area contributed by atoms with E-state index in [0.717, 1.165) is 20.1 Å². The minimum absolute atomic E-state index is 0.0207. The van der Waals surface area contributed by atoms with Crippen molar-refractivity contribution in [1.82, 2.24) is 26.6 Å². The third-order valence-corrected chi connectivity index (χ3v) is 9.08. The number of ether oxygens (including phenoxy) is 4. The van der Waals surface area contributed by atoms with Crippen LogP contribution in [0.5, 0.6) is 0 Å². The summed E-state index contributed by atoms with van der Waals surface area (Å²) in [5.41, 5.74) is 5.30. The highest BCUT2D eigenvalue weighted by molar-refractivity contribution is 5.94. The van der Waals surface area contributed by atoms with Gasteiger partial charge in [-0.1, -0.05) is 0 Å². The van der Waals surface area contributed by atoms with Crippen LogP contribution in [0, 0.1) is 0 Å². The molecule has 13 atom stereocenters. The number of amides is 5. The molecule has 0 radical (unpaired) electrons. The highest BCUT2D eigenvalue weighted by Crippen LogP contribution is 2.30. The molecule has 0 spiro atoms. The summed E-state index contributed by atoms with van der Waals surface area (Å²) < 4.78 is 23.2. The van der Waals surface area contributed by atoms with Crippen molar-refractivity contribution >= 4 is 47.4 Å². The van der Waals surface area contributed by atoms with Gasteiger partial charge in [0, 0.05) is 20.3 Å². The molecule has 2 aliphatic heterocycles. The van der Waals surface area contributed by atoms with Crippen molar-refractivity contribution in [2.45, 2.75) is 139 Å². The lowest BCUT2D eigenvalue weighted by molar-refractivity contribution is -0.302. The summed E-state index contributed by atoms with van der Waals surface area (Å²) in [5, 5.41) is 80.5. The summed E-state index contributed by atoms with van der Waals surface area (Å²) in [6.45, 7) is 3.10. The molecule has 1 saturated heterocycles. The van der Waals surface area contributed by atoms with Crippen molar-refractivity contribution in [2.75, 3.05) is 13.2 Å². The topological polar surface area (TPSA) is 401 Å². The number of hydrogen-bond acceptors (Lipinski definition) is 17. The summed E-state index contributed by atoms with van der Waals surface area (Å²) in [7, 11) is 0. The van der Waals surface area contributed by atoms with Gasteiger partial charge in [-0.15, -0.1) is 0 Å². The molecular weight excluding hydrogens is 796 g/mol. The van der Waals surface area contributed by atoms with Gasteiger partial charge in [0.2, 0.25) is 29.5 Å². The van der Waals surface area contributed by atoms with Crippen molar-refractivity contribution in [1.29, 1.82) is 0 Å². The van der Waals surface area contributed by atoms with Gasteiger partial charge in [-0.3, -0.25) is 33.6 Å². The zero-order chi connectivity index (χ0) is 44.7. The molecule has 0 saturated carbocycles. The average molecular weight is 851 g/mol. The van der Waals surface area contributed by atoms with E-state index in [2.05, 4.69) is 26.6 Å². The maximum absolute atomic E-state index is 13.4. The van der Waals surface area contributed by atoms with Crippen LogP contribution in [0.2, 0.25) is 0 Å². The van der Waals surface area contributed by atoms with Crippen LogP contribution in [-0.2, 0) is 57.3 Å². The van der Waals surface area contributed by atoms with Gasteiger partial charge in [0.05, 0.1) is 18.9 Å². The summed E-state index contributed by atoms with van der Waals surface area (Å²) in [5.74, 6) is -8.54. The van der Waals surface area contributed by atoms with Crippen LogP contribution >= 0.6 is 0 Å². The molecule has 334 valence electrons. The number of nitrogens with one attached hydrogen (secondary N) is 5. The van der Waals surface area contributed by atoms with Crippen molar-refractivity contribution in [3.8, 4) is 0 Å². The summed E-state index contributed by atoms with van der Waals surface area (Å²) in [6, 6.07) is -7.35. The van der Waals surface area contributed by atoms with E-state index >= 15 is 0 Å². The van der Waals surface area contributed by atoms with Gasteiger partial charge >= 0.3 is 17.9 Å². The maximum Gasteiger partial charge on any atom is 0.326 e. The highest BCUT2D eigenvalue weighted by atomic mass is 16.7. The van der Waals surface area contributed by atoms with Crippen molar-refractivity contribution < 1.29 is 93.0 Å². The molecule has 0 bridgehead atoms. The van der Waals surface area contributed by atoms with E-state index in [-0.39, 0.29) is 25.0 Å². The fraction of sp³-hybridized carbons (Fsp3) is 0.706. The molecule has 2 heterocycles. The van der Waals surface area contributed by atoms with Crippen LogP contribution in [0.3, 0.4) is 0 Å². The highest BCUT2D eigenvalue weighted by Gasteiger charge is 2.49. The van der Waals surface area contributed by atoms with Crippen LogP contribution in [0.1, 0.15) is 59.8 Å². The van der Waals surface area contributed by atoms with E-state index in [1.54, 1.807) is 0 Å². The second-order valence-corrected chi connectivity index (χ2v) is 13.8. The minimum Gasteiger partial charge on any atom is -0.491 e. The van der Waals surface area contributed by atoms with Crippen molar-refractivity contribution in [3.63, 3.8) is 0 Å². The number of nitrogens with two attached hydrogens (primary N) is 1. The first kappa shape index (κ1) is 50.1. The van der Waals surface area contributed by atoms with Gasteiger partial charge in [0.15, 0.2) is 6.29 Å². The number of carboxylic acid groups (broad SMARTS) is 3. The zero-order valence-electron chi connectivity index (χ0n) is 32.6. The molecule has 0 aromatic heterocycles. The van der Waals surface area contributed by atoms with E-state index in [1.807, 2.05) is 0 Å². The second kappa shape index (κ2) is 23.5.